The van der Waals surface area contributed by atoms with Gasteiger partial charge in [-0.3, -0.25) is 10.1 Å². The van der Waals surface area contributed by atoms with E-state index in [2.05, 4.69) is 43.4 Å². The van der Waals surface area contributed by atoms with Crippen LogP contribution in [0.25, 0.3) is 0 Å². The number of benzene rings is 1. The van der Waals surface area contributed by atoms with Crippen LogP contribution in [0.5, 0.6) is 0 Å². The molecule has 0 spiro atoms. The Morgan fingerprint density at radius 3 is 2.79 bits per heavy atom. The number of nitrogens with one attached hydrogen (secondary N) is 1. The number of hydrogen-bond acceptors (Lipinski definition) is 3. The zero-order chi connectivity index (χ0) is 14.0. The number of ether oxygens (including phenoxy) is 1. The van der Waals surface area contributed by atoms with E-state index in [1.54, 1.807) is 0 Å². The molecule has 3 heteroatoms. The zero-order valence-electron chi connectivity index (χ0n) is 12.2. The molecule has 0 saturated heterocycles. The number of hydrogen-bond donors (Lipinski definition) is 1. The van der Waals surface area contributed by atoms with Gasteiger partial charge in [-0.25, -0.2) is 0 Å². The van der Waals surface area contributed by atoms with Gasteiger partial charge in [-0.05, 0) is 36.3 Å². The minimum absolute atomic E-state index is 0.136. The molecule has 0 bridgehead atoms. The lowest BCUT2D eigenvalue weighted by Crippen LogP contribution is -2.45. The van der Waals surface area contributed by atoms with Crippen LogP contribution in [-0.2, 0) is 16.0 Å². The van der Waals surface area contributed by atoms with Gasteiger partial charge in [0, 0.05) is 6.04 Å². The molecule has 0 heterocycles. The molecule has 19 heavy (non-hydrogen) atoms. The van der Waals surface area contributed by atoms with Crippen molar-refractivity contribution in [3.05, 3.63) is 35.4 Å². The smallest absolute Gasteiger partial charge is 0.322 e. The van der Waals surface area contributed by atoms with Crippen LogP contribution in [0.15, 0.2) is 24.3 Å². The molecule has 1 N–H and O–H groups in total. The fourth-order valence-corrected chi connectivity index (χ4v) is 2.88. The standard InChI is InChI=1S/C16H23NO2/c1-11(15(18)19-4)17-14-13-8-6-5-7-12(13)9-10-16(14,2)3/h5-8,11,14,17H,9-10H2,1-4H3. The van der Waals surface area contributed by atoms with Crippen LogP contribution < -0.4 is 5.32 Å². The summed E-state index contributed by atoms with van der Waals surface area (Å²) in [5.41, 5.74) is 2.84. The predicted molar refractivity (Wildman–Crippen MR) is 75.9 cm³/mol. The van der Waals surface area contributed by atoms with Crippen molar-refractivity contribution in [1.29, 1.82) is 0 Å². The maximum Gasteiger partial charge on any atom is 0.322 e. The van der Waals surface area contributed by atoms with Crippen LogP contribution in [0.4, 0.5) is 0 Å². The molecule has 0 saturated carbocycles. The van der Waals surface area contributed by atoms with E-state index in [0.717, 1.165) is 12.8 Å². The van der Waals surface area contributed by atoms with Crippen molar-refractivity contribution in [2.45, 2.75) is 45.7 Å². The highest BCUT2D eigenvalue weighted by molar-refractivity contribution is 5.75. The first-order valence-corrected chi connectivity index (χ1v) is 6.87. The molecule has 0 aromatic heterocycles. The lowest BCUT2D eigenvalue weighted by molar-refractivity contribution is -0.143. The van der Waals surface area contributed by atoms with Crippen molar-refractivity contribution in [2.24, 2.45) is 5.41 Å². The normalized spacial score (nSPS) is 22.4. The molecule has 0 amide bonds. The van der Waals surface area contributed by atoms with E-state index in [4.69, 9.17) is 4.74 Å². The molecule has 2 rings (SSSR count). The summed E-state index contributed by atoms with van der Waals surface area (Å²) in [5, 5.41) is 3.44. The Morgan fingerprint density at radius 1 is 1.42 bits per heavy atom. The van der Waals surface area contributed by atoms with Crippen molar-refractivity contribution in [2.75, 3.05) is 7.11 Å². The third-order valence-corrected chi connectivity index (χ3v) is 4.16. The lowest BCUT2D eigenvalue weighted by atomic mass is 9.70. The molecular weight excluding hydrogens is 238 g/mol. The highest BCUT2D eigenvalue weighted by atomic mass is 16.5. The van der Waals surface area contributed by atoms with Crippen molar-refractivity contribution in [3.63, 3.8) is 0 Å². The van der Waals surface area contributed by atoms with E-state index in [1.807, 2.05) is 6.92 Å². The predicted octanol–water partition coefficient (Wildman–Crippen LogP) is 2.85. The molecule has 2 unspecified atom stereocenters. The Bertz CT molecular complexity index is 468. The van der Waals surface area contributed by atoms with Gasteiger partial charge >= 0.3 is 5.97 Å². The highest BCUT2D eigenvalue weighted by Crippen LogP contribution is 2.43. The molecule has 2 atom stereocenters. The minimum atomic E-state index is -0.291. The molecule has 1 aromatic rings. The maximum atomic E-state index is 11.6. The molecule has 0 aliphatic heterocycles. The molecule has 0 fully saturated rings. The first-order chi connectivity index (χ1) is 8.95. The summed E-state index contributed by atoms with van der Waals surface area (Å²) in [6.07, 6.45) is 2.23. The summed E-state index contributed by atoms with van der Waals surface area (Å²) in [7, 11) is 1.43. The van der Waals surface area contributed by atoms with Gasteiger partial charge in [0.05, 0.1) is 7.11 Å². The molecule has 1 aliphatic carbocycles. The Morgan fingerprint density at radius 2 is 2.11 bits per heavy atom. The number of aryl methyl sites for hydroxylation is 1. The van der Waals surface area contributed by atoms with Crippen molar-refractivity contribution in [1.82, 2.24) is 5.32 Å². The van der Waals surface area contributed by atoms with Gasteiger partial charge in [0.25, 0.3) is 0 Å². The zero-order valence-corrected chi connectivity index (χ0v) is 12.2. The largest absolute Gasteiger partial charge is 0.468 e. The Kier molecular flexibility index (Phi) is 3.95. The van der Waals surface area contributed by atoms with Crippen LogP contribution in [0.1, 0.15) is 44.4 Å². The van der Waals surface area contributed by atoms with E-state index in [9.17, 15) is 4.79 Å². The molecule has 3 nitrogen and oxygen atoms in total. The maximum absolute atomic E-state index is 11.6. The first kappa shape index (κ1) is 14.1. The fourth-order valence-electron chi connectivity index (χ4n) is 2.88. The van der Waals surface area contributed by atoms with Crippen LogP contribution >= 0.6 is 0 Å². The van der Waals surface area contributed by atoms with Crippen LogP contribution in [0, 0.1) is 5.41 Å². The van der Waals surface area contributed by atoms with Crippen molar-refractivity contribution < 1.29 is 9.53 Å². The summed E-state index contributed by atoms with van der Waals surface area (Å²) in [4.78, 5) is 11.6. The Balaban J connectivity index is 2.28. The van der Waals surface area contributed by atoms with Gasteiger partial charge in [0.15, 0.2) is 0 Å². The average molecular weight is 261 g/mol. The van der Waals surface area contributed by atoms with Crippen LogP contribution in [0.3, 0.4) is 0 Å². The fraction of sp³-hybridized carbons (Fsp3) is 0.562. The van der Waals surface area contributed by atoms with Crippen molar-refractivity contribution >= 4 is 5.97 Å². The van der Waals surface area contributed by atoms with E-state index in [0.29, 0.717) is 0 Å². The summed E-state index contributed by atoms with van der Waals surface area (Å²) in [6, 6.07) is 8.39. The SMILES string of the molecule is COC(=O)C(C)NC1c2ccccc2CCC1(C)C. The second-order valence-electron chi connectivity index (χ2n) is 6.03. The van der Waals surface area contributed by atoms with Gasteiger partial charge in [-0.1, -0.05) is 38.1 Å². The minimum Gasteiger partial charge on any atom is -0.468 e. The second kappa shape index (κ2) is 5.33. The van der Waals surface area contributed by atoms with Gasteiger partial charge in [0.1, 0.15) is 6.04 Å². The topological polar surface area (TPSA) is 38.3 Å². The Hall–Kier alpha value is -1.35. The van der Waals surface area contributed by atoms with Crippen molar-refractivity contribution in [3.8, 4) is 0 Å². The molecular formula is C16H23NO2. The lowest BCUT2D eigenvalue weighted by Gasteiger charge is -2.41. The highest BCUT2D eigenvalue weighted by Gasteiger charge is 2.37. The van der Waals surface area contributed by atoms with E-state index < -0.39 is 0 Å². The van der Waals surface area contributed by atoms with Crippen LogP contribution in [0.2, 0.25) is 0 Å². The summed E-state index contributed by atoms with van der Waals surface area (Å²) >= 11 is 0. The molecule has 1 aliphatic rings. The number of esters is 1. The first-order valence-electron chi connectivity index (χ1n) is 6.87. The quantitative estimate of drug-likeness (QED) is 0.850. The monoisotopic (exact) mass is 261 g/mol. The number of methoxy groups -OCH3 is 1. The third-order valence-electron chi connectivity index (χ3n) is 4.16. The molecule has 104 valence electrons. The van der Waals surface area contributed by atoms with E-state index in [1.165, 1.54) is 18.2 Å². The Labute approximate surface area is 115 Å². The summed E-state index contributed by atoms with van der Waals surface area (Å²) < 4.78 is 4.81. The number of fused-ring (bicyclic) bond motifs is 1. The molecule has 0 radical (unpaired) electrons. The average Bonchev–Trinajstić information content (AvgIpc) is 2.41. The van der Waals surface area contributed by atoms with Gasteiger partial charge < -0.3 is 4.74 Å². The van der Waals surface area contributed by atoms with E-state index >= 15 is 0 Å². The second-order valence-corrected chi connectivity index (χ2v) is 6.03. The van der Waals surface area contributed by atoms with E-state index in [-0.39, 0.29) is 23.5 Å². The van der Waals surface area contributed by atoms with Gasteiger partial charge in [-0.15, -0.1) is 0 Å². The number of rotatable bonds is 3. The summed E-state index contributed by atoms with van der Waals surface area (Å²) in [6.45, 7) is 6.37. The van der Waals surface area contributed by atoms with Crippen LogP contribution in [-0.4, -0.2) is 19.1 Å². The molecule has 1 aromatic carbocycles. The number of carbonyl (C=O) groups is 1. The third kappa shape index (κ3) is 2.81. The van der Waals surface area contributed by atoms with Gasteiger partial charge in [-0.2, -0.15) is 0 Å². The number of carbonyl (C=O) groups excluding carboxylic acids is 1. The van der Waals surface area contributed by atoms with Gasteiger partial charge in [0.2, 0.25) is 0 Å². The summed E-state index contributed by atoms with van der Waals surface area (Å²) in [5.74, 6) is -0.209.